The molecule has 0 spiro atoms. The Morgan fingerprint density at radius 2 is 1.94 bits per heavy atom. The van der Waals surface area contributed by atoms with E-state index in [0.717, 1.165) is 53.4 Å². The number of aromatic nitrogens is 3. The number of carbonyl (C=O) groups is 1. The number of rotatable bonds is 9. The Morgan fingerprint density at radius 1 is 1.06 bits per heavy atom. The first kappa shape index (κ1) is 23.2. The second-order valence-corrected chi connectivity index (χ2v) is 9.50. The third-order valence-corrected chi connectivity index (χ3v) is 7.09. The summed E-state index contributed by atoms with van der Waals surface area (Å²) in [5.74, 6) is 2.59. The maximum absolute atomic E-state index is 13.5. The predicted octanol–water partition coefficient (Wildman–Crippen LogP) is 6.07. The lowest BCUT2D eigenvalue weighted by molar-refractivity contribution is -0.127. The van der Waals surface area contributed by atoms with E-state index in [1.807, 2.05) is 48.2 Å². The van der Waals surface area contributed by atoms with Gasteiger partial charge in [0.15, 0.2) is 11.0 Å². The first-order valence-corrected chi connectivity index (χ1v) is 12.8. The highest BCUT2D eigenvalue weighted by atomic mass is 32.2. The zero-order chi connectivity index (χ0) is 24.0. The van der Waals surface area contributed by atoms with Crippen LogP contribution in [0.15, 0.2) is 86.8 Å². The molecule has 3 heterocycles. The van der Waals surface area contributed by atoms with Gasteiger partial charge in [0.2, 0.25) is 5.91 Å². The van der Waals surface area contributed by atoms with Gasteiger partial charge in [0, 0.05) is 5.70 Å². The highest BCUT2D eigenvalue weighted by Crippen LogP contribution is 2.29. The molecule has 1 aliphatic carbocycles. The Bertz CT molecular complexity index is 1290. The fraction of sp³-hybridized carbons (Fsp3) is 0.296. The number of hydrogen-bond donors (Lipinski definition) is 0. The van der Waals surface area contributed by atoms with E-state index >= 15 is 0 Å². The number of hydrogen-bond acceptors (Lipinski definition) is 6. The van der Waals surface area contributed by atoms with Crippen LogP contribution in [-0.4, -0.2) is 31.3 Å². The largest absolute Gasteiger partial charge is 0.469 e. The number of thioether (sulfide) groups is 1. The molecule has 0 fully saturated rings. The lowest BCUT2D eigenvalue weighted by Gasteiger charge is -2.27. The SMILES string of the molecule is Cc1occc1-c1nnc(SCC(=O)N(Cc2ccco2)C2=CCCCC2)n1Cc1ccccc1. The molecule has 0 bridgehead atoms. The van der Waals surface area contributed by atoms with Crippen molar-refractivity contribution in [2.24, 2.45) is 0 Å². The third-order valence-electron chi connectivity index (χ3n) is 6.13. The van der Waals surface area contributed by atoms with E-state index in [0.29, 0.717) is 18.2 Å². The van der Waals surface area contributed by atoms with Crippen LogP contribution in [0.1, 0.15) is 42.8 Å². The zero-order valence-corrected chi connectivity index (χ0v) is 20.5. The number of carbonyl (C=O) groups excluding carboxylic acids is 1. The topological polar surface area (TPSA) is 77.3 Å². The molecule has 3 aromatic heterocycles. The summed E-state index contributed by atoms with van der Waals surface area (Å²) in [4.78, 5) is 15.3. The van der Waals surface area contributed by atoms with Crippen LogP contribution in [0, 0.1) is 6.92 Å². The summed E-state index contributed by atoms with van der Waals surface area (Å²) >= 11 is 1.41. The average molecular weight is 489 g/mol. The van der Waals surface area contributed by atoms with E-state index in [1.54, 1.807) is 12.5 Å². The number of amides is 1. The zero-order valence-electron chi connectivity index (χ0n) is 19.7. The molecular weight excluding hydrogens is 460 g/mol. The Balaban J connectivity index is 1.38. The summed E-state index contributed by atoms with van der Waals surface area (Å²) in [6.07, 6.45) is 9.67. The van der Waals surface area contributed by atoms with Crippen LogP contribution in [0.3, 0.4) is 0 Å². The summed E-state index contributed by atoms with van der Waals surface area (Å²) in [6.45, 7) is 2.96. The molecule has 1 aromatic carbocycles. The average Bonchev–Trinajstić information content (AvgIpc) is 3.64. The molecule has 4 aromatic rings. The highest BCUT2D eigenvalue weighted by molar-refractivity contribution is 7.99. The van der Waals surface area contributed by atoms with Gasteiger partial charge in [-0.25, -0.2) is 0 Å². The molecule has 0 N–H and O–H groups in total. The lowest BCUT2D eigenvalue weighted by atomic mass is 10.0. The van der Waals surface area contributed by atoms with Gasteiger partial charge in [-0.3, -0.25) is 9.36 Å². The van der Waals surface area contributed by atoms with Gasteiger partial charge in [-0.2, -0.15) is 0 Å². The van der Waals surface area contributed by atoms with Crippen molar-refractivity contribution in [1.29, 1.82) is 0 Å². The van der Waals surface area contributed by atoms with E-state index in [4.69, 9.17) is 8.83 Å². The lowest BCUT2D eigenvalue weighted by Crippen LogP contribution is -2.32. The van der Waals surface area contributed by atoms with Crippen LogP contribution >= 0.6 is 11.8 Å². The summed E-state index contributed by atoms with van der Waals surface area (Å²) < 4.78 is 13.1. The molecule has 5 rings (SSSR count). The van der Waals surface area contributed by atoms with Crippen LogP contribution < -0.4 is 0 Å². The van der Waals surface area contributed by atoms with Gasteiger partial charge < -0.3 is 13.7 Å². The summed E-state index contributed by atoms with van der Waals surface area (Å²) in [5.41, 5.74) is 3.12. The quantitative estimate of drug-likeness (QED) is 0.266. The van der Waals surface area contributed by atoms with E-state index in [2.05, 4.69) is 33.0 Å². The monoisotopic (exact) mass is 488 g/mol. The summed E-state index contributed by atoms with van der Waals surface area (Å²) in [7, 11) is 0. The predicted molar refractivity (Wildman–Crippen MR) is 135 cm³/mol. The smallest absolute Gasteiger partial charge is 0.237 e. The van der Waals surface area contributed by atoms with Crippen molar-refractivity contribution in [2.75, 3.05) is 5.75 Å². The molecule has 0 unspecified atom stereocenters. The van der Waals surface area contributed by atoms with Crippen molar-refractivity contribution in [2.45, 2.75) is 50.9 Å². The Morgan fingerprint density at radius 3 is 2.66 bits per heavy atom. The minimum atomic E-state index is 0.0369. The standard InChI is InChI=1S/C27H28N4O3S/c1-20-24(14-16-33-20)26-28-29-27(31(26)17-21-9-4-2-5-10-21)35-19-25(32)30(18-23-13-8-15-34-23)22-11-6-3-7-12-22/h2,4-5,8-11,13-16H,3,6-7,12,17-19H2,1H3. The number of nitrogens with zero attached hydrogens (tertiary/aromatic N) is 4. The maximum atomic E-state index is 13.5. The molecule has 0 atom stereocenters. The van der Waals surface area contributed by atoms with Gasteiger partial charge in [-0.05, 0) is 56.4 Å². The highest BCUT2D eigenvalue weighted by Gasteiger charge is 2.23. The molecule has 7 nitrogen and oxygen atoms in total. The van der Waals surface area contributed by atoms with Crippen LogP contribution in [-0.2, 0) is 17.9 Å². The molecule has 1 amide bonds. The van der Waals surface area contributed by atoms with Crippen LogP contribution in [0.4, 0.5) is 0 Å². The molecule has 35 heavy (non-hydrogen) atoms. The molecule has 0 saturated heterocycles. The van der Waals surface area contributed by atoms with E-state index < -0.39 is 0 Å². The van der Waals surface area contributed by atoms with Crippen LogP contribution in [0.5, 0.6) is 0 Å². The van der Waals surface area contributed by atoms with Crippen molar-refractivity contribution < 1.29 is 13.6 Å². The summed E-state index contributed by atoms with van der Waals surface area (Å²) in [5, 5.41) is 9.63. The van der Waals surface area contributed by atoms with Gasteiger partial charge in [0.1, 0.15) is 11.5 Å². The van der Waals surface area contributed by atoms with Crippen molar-refractivity contribution in [1.82, 2.24) is 19.7 Å². The van der Waals surface area contributed by atoms with Gasteiger partial charge in [-0.1, -0.05) is 48.2 Å². The van der Waals surface area contributed by atoms with Gasteiger partial charge in [0.25, 0.3) is 0 Å². The Labute approximate surface area is 208 Å². The molecular formula is C27H28N4O3S. The van der Waals surface area contributed by atoms with Gasteiger partial charge in [0.05, 0.1) is 36.9 Å². The third kappa shape index (κ3) is 5.43. The maximum Gasteiger partial charge on any atom is 0.237 e. The second-order valence-electron chi connectivity index (χ2n) is 8.56. The Kier molecular flexibility index (Phi) is 7.18. The van der Waals surface area contributed by atoms with E-state index in [1.165, 1.54) is 18.2 Å². The number of allylic oxidation sites excluding steroid dienone is 2. The summed E-state index contributed by atoms with van der Waals surface area (Å²) in [6, 6.07) is 15.9. The molecule has 0 aliphatic heterocycles. The molecule has 180 valence electrons. The van der Waals surface area contributed by atoms with E-state index in [9.17, 15) is 4.79 Å². The first-order chi connectivity index (χ1) is 17.2. The van der Waals surface area contributed by atoms with Crippen LogP contribution in [0.2, 0.25) is 0 Å². The van der Waals surface area contributed by atoms with Crippen molar-refractivity contribution in [3.63, 3.8) is 0 Å². The normalized spacial score (nSPS) is 13.6. The molecule has 0 saturated carbocycles. The minimum absolute atomic E-state index is 0.0369. The number of benzene rings is 1. The fourth-order valence-corrected chi connectivity index (χ4v) is 5.11. The van der Waals surface area contributed by atoms with E-state index in [-0.39, 0.29) is 11.7 Å². The van der Waals surface area contributed by atoms with Crippen molar-refractivity contribution in [3.05, 3.63) is 89.9 Å². The fourth-order valence-electron chi connectivity index (χ4n) is 4.30. The molecule has 1 aliphatic rings. The Hall–Kier alpha value is -3.52. The number of aryl methyl sites for hydroxylation is 1. The van der Waals surface area contributed by atoms with Crippen LogP contribution in [0.25, 0.3) is 11.4 Å². The first-order valence-electron chi connectivity index (χ1n) is 11.8. The van der Waals surface area contributed by atoms with Gasteiger partial charge in [-0.15, -0.1) is 10.2 Å². The molecule has 8 heteroatoms. The number of furan rings is 2. The van der Waals surface area contributed by atoms with Crippen molar-refractivity contribution >= 4 is 17.7 Å². The molecule has 0 radical (unpaired) electrons. The van der Waals surface area contributed by atoms with Gasteiger partial charge >= 0.3 is 0 Å². The van der Waals surface area contributed by atoms with Crippen molar-refractivity contribution in [3.8, 4) is 11.4 Å². The second kappa shape index (κ2) is 10.8. The minimum Gasteiger partial charge on any atom is -0.469 e.